The molecular formula is C9H16N2O2. The summed E-state index contributed by atoms with van der Waals surface area (Å²) in [5, 5.41) is 8.53. The van der Waals surface area contributed by atoms with Crippen LogP contribution in [0.15, 0.2) is 0 Å². The predicted molar refractivity (Wildman–Crippen MR) is 48.9 cm³/mol. The van der Waals surface area contributed by atoms with E-state index in [-0.39, 0.29) is 11.8 Å². The molecule has 74 valence electrons. The molecule has 4 heteroatoms. The van der Waals surface area contributed by atoms with E-state index in [2.05, 4.69) is 6.07 Å². The van der Waals surface area contributed by atoms with E-state index in [1.165, 1.54) is 0 Å². The number of carbonyl (C=O) groups is 1. The van der Waals surface area contributed by atoms with Crippen molar-refractivity contribution in [3.63, 3.8) is 0 Å². The Morgan fingerprint density at radius 1 is 1.69 bits per heavy atom. The number of rotatable bonds is 5. The van der Waals surface area contributed by atoms with Gasteiger partial charge in [0.1, 0.15) is 0 Å². The Kier molecular flexibility index (Phi) is 5.90. The van der Waals surface area contributed by atoms with Gasteiger partial charge in [-0.1, -0.05) is 0 Å². The van der Waals surface area contributed by atoms with Gasteiger partial charge in [0, 0.05) is 20.7 Å². The topological polar surface area (TPSA) is 53.3 Å². The Balaban J connectivity index is 3.77. The lowest BCUT2D eigenvalue weighted by atomic mass is 10.2. The van der Waals surface area contributed by atoms with E-state index < -0.39 is 0 Å². The molecule has 0 aromatic heterocycles. The lowest BCUT2D eigenvalue weighted by Crippen LogP contribution is -2.31. The summed E-state index contributed by atoms with van der Waals surface area (Å²) in [6, 6.07) is 2.08. The van der Waals surface area contributed by atoms with E-state index in [0.29, 0.717) is 19.6 Å². The van der Waals surface area contributed by atoms with Gasteiger partial charge in [0.15, 0.2) is 0 Å². The third-order valence-electron chi connectivity index (χ3n) is 1.71. The Morgan fingerprint density at radius 2 is 2.31 bits per heavy atom. The summed E-state index contributed by atoms with van der Waals surface area (Å²) in [6.07, 6.45) is 0.380. The van der Waals surface area contributed by atoms with Gasteiger partial charge < -0.3 is 9.64 Å². The average Bonchev–Trinajstić information content (AvgIpc) is 2.13. The fourth-order valence-corrected chi connectivity index (χ4v) is 0.934. The maximum absolute atomic E-state index is 11.3. The first-order chi connectivity index (χ1) is 6.11. The zero-order chi connectivity index (χ0) is 10.3. The highest BCUT2D eigenvalue weighted by Gasteiger charge is 2.10. The maximum atomic E-state index is 11.3. The number of ether oxygens (including phenoxy) is 1. The molecule has 0 saturated carbocycles. The zero-order valence-electron chi connectivity index (χ0n) is 8.41. The number of hydrogen-bond acceptors (Lipinski definition) is 3. The summed E-state index contributed by atoms with van der Waals surface area (Å²) >= 11 is 0. The molecule has 0 N–H and O–H groups in total. The number of nitrogens with zero attached hydrogens (tertiary/aromatic N) is 2. The van der Waals surface area contributed by atoms with Gasteiger partial charge in [-0.25, -0.2) is 0 Å². The normalized spacial score (nSPS) is 11.8. The Bertz CT molecular complexity index is 198. The minimum absolute atomic E-state index is 0.0175. The third kappa shape index (κ3) is 5.21. The van der Waals surface area contributed by atoms with Crippen LogP contribution in [0.5, 0.6) is 0 Å². The van der Waals surface area contributed by atoms with Crippen LogP contribution in [0.2, 0.25) is 0 Å². The zero-order valence-corrected chi connectivity index (χ0v) is 8.41. The minimum Gasteiger partial charge on any atom is -0.384 e. The van der Waals surface area contributed by atoms with Crippen LogP contribution < -0.4 is 0 Å². The van der Waals surface area contributed by atoms with Crippen molar-refractivity contribution in [2.45, 2.75) is 13.3 Å². The Morgan fingerprint density at radius 3 is 2.77 bits per heavy atom. The van der Waals surface area contributed by atoms with Gasteiger partial charge in [-0.15, -0.1) is 0 Å². The Labute approximate surface area is 79.1 Å². The molecule has 0 saturated heterocycles. The van der Waals surface area contributed by atoms with Crippen molar-refractivity contribution in [1.29, 1.82) is 5.26 Å². The van der Waals surface area contributed by atoms with Gasteiger partial charge in [-0.3, -0.25) is 4.79 Å². The van der Waals surface area contributed by atoms with E-state index in [1.807, 2.05) is 0 Å². The summed E-state index contributed by atoms with van der Waals surface area (Å²) in [4.78, 5) is 12.9. The molecule has 0 aliphatic carbocycles. The summed E-state index contributed by atoms with van der Waals surface area (Å²) in [5.74, 6) is -0.0968. The van der Waals surface area contributed by atoms with E-state index in [1.54, 1.807) is 26.0 Å². The highest BCUT2D eigenvalue weighted by atomic mass is 16.5. The van der Waals surface area contributed by atoms with Crippen LogP contribution in [-0.4, -0.2) is 38.1 Å². The Hall–Kier alpha value is -1.08. The first kappa shape index (κ1) is 11.9. The number of methoxy groups -OCH3 is 1. The SMILES string of the molecule is COCCC(=O)N(C)CC(C)C#N. The monoisotopic (exact) mass is 184 g/mol. The van der Waals surface area contributed by atoms with Crippen molar-refractivity contribution in [2.24, 2.45) is 5.92 Å². The van der Waals surface area contributed by atoms with Crippen LogP contribution in [0.4, 0.5) is 0 Å². The molecule has 1 unspecified atom stereocenters. The average molecular weight is 184 g/mol. The number of nitriles is 1. The second-order valence-corrected chi connectivity index (χ2v) is 3.05. The largest absolute Gasteiger partial charge is 0.384 e. The van der Waals surface area contributed by atoms with Crippen LogP contribution in [0.3, 0.4) is 0 Å². The van der Waals surface area contributed by atoms with Gasteiger partial charge in [-0.2, -0.15) is 5.26 Å². The van der Waals surface area contributed by atoms with Crippen LogP contribution in [0.1, 0.15) is 13.3 Å². The van der Waals surface area contributed by atoms with Crippen molar-refractivity contribution in [3.8, 4) is 6.07 Å². The fourth-order valence-electron chi connectivity index (χ4n) is 0.934. The maximum Gasteiger partial charge on any atom is 0.224 e. The van der Waals surface area contributed by atoms with E-state index in [9.17, 15) is 4.79 Å². The van der Waals surface area contributed by atoms with Crippen LogP contribution in [0.25, 0.3) is 0 Å². The van der Waals surface area contributed by atoms with Crippen molar-refractivity contribution in [1.82, 2.24) is 4.90 Å². The summed E-state index contributed by atoms with van der Waals surface area (Å²) in [5.41, 5.74) is 0. The second-order valence-electron chi connectivity index (χ2n) is 3.05. The molecule has 0 aliphatic heterocycles. The molecule has 0 radical (unpaired) electrons. The molecule has 0 bridgehead atoms. The molecule has 1 amide bonds. The minimum atomic E-state index is -0.114. The summed E-state index contributed by atoms with van der Waals surface area (Å²) < 4.78 is 4.78. The molecular weight excluding hydrogens is 168 g/mol. The van der Waals surface area contributed by atoms with E-state index >= 15 is 0 Å². The molecule has 0 fully saturated rings. The van der Waals surface area contributed by atoms with E-state index in [0.717, 1.165) is 0 Å². The highest BCUT2D eigenvalue weighted by molar-refractivity contribution is 5.75. The molecule has 1 atom stereocenters. The lowest BCUT2D eigenvalue weighted by molar-refractivity contribution is -0.131. The summed E-state index contributed by atoms with van der Waals surface area (Å²) in [6.45, 7) is 2.71. The molecule has 0 rings (SSSR count). The first-order valence-corrected chi connectivity index (χ1v) is 4.24. The highest BCUT2D eigenvalue weighted by Crippen LogP contribution is 1.98. The van der Waals surface area contributed by atoms with Crippen molar-refractivity contribution in [2.75, 3.05) is 27.3 Å². The smallest absolute Gasteiger partial charge is 0.224 e. The number of carbonyl (C=O) groups excluding carboxylic acids is 1. The molecule has 0 aliphatic rings. The first-order valence-electron chi connectivity index (χ1n) is 4.24. The molecule has 13 heavy (non-hydrogen) atoms. The van der Waals surface area contributed by atoms with Crippen LogP contribution in [-0.2, 0) is 9.53 Å². The second kappa shape index (κ2) is 6.44. The van der Waals surface area contributed by atoms with Crippen LogP contribution in [0, 0.1) is 17.2 Å². The number of amides is 1. The molecule has 0 aromatic carbocycles. The summed E-state index contributed by atoms with van der Waals surface area (Å²) in [7, 11) is 3.26. The van der Waals surface area contributed by atoms with Crippen LogP contribution >= 0.6 is 0 Å². The third-order valence-corrected chi connectivity index (χ3v) is 1.71. The molecule has 0 spiro atoms. The molecule has 0 aromatic rings. The van der Waals surface area contributed by atoms with Gasteiger partial charge in [-0.05, 0) is 6.92 Å². The molecule has 0 heterocycles. The lowest BCUT2D eigenvalue weighted by Gasteiger charge is -2.17. The number of hydrogen-bond donors (Lipinski definition) is 0. The van der Waals surface area contributed by atoms with E-state index in [4.69, 9.17) is 10.00 Å². The predicted octanol–water partition coefficient (Wildman–Crippen LogP) is 0.641. The van der Waals surface area contributed by atoms with Crippen molar-refractivity contribution in [3.05, 3.63) is 0 Å². The molecule has 4 nitrogen and oxygen atoms in total. The quantitative estimate of drug-likeness (QED) is 0.630. The van der Waals surface area contributed by atoms with Crippen molar-refractivity contribution < 1.29 is 9.53 Å². The van der Waals surface area contributed by atoms with Gasteiger partial charge >= 0.3 is 0 Å². The fraction of sp³-hybridized carbons (Fsp3) is 0.778. The van der Waals surface area contributed by atoms with Gasteiger partial charge in [0.25, 0.3) is 0 Å². The standard InChI is InChI=1S/C9H16N2O2/c1-8(6-10)7-11(2)9(12)4-5-13-3/h8H,4-5,7H2,1-3H3. The van der Waals surface area contributed by atoms with Gasteiger partial charge in [0.05, 0.1) is 25.0 Å². The van der Waals surface area contributed by atoms with Gasteiger partial charge in [0.2, 0.25) is 5.91 Å². The van der Waals surface area contributed by atoms with Crippen molar-refractivity contribution >= 4 is 5.91 Å².